The van der Waals surface area contributed by atoms with Crippen LogP contribution in [0.5, 0.6) is 0 Å². The highest BCUT2D eigenvalue weighted by Crippen LogP contribution is 2.32. The summed E-state index contributed by atoms with van der Waals surface area (Å²) in [5, 5.41) is 3.72. The molecule has 0 fully saturated rings. The number of anilines is 2. The number of nitrogens with one attached hydrogen (secondary N) is 1. The van der Waals surface area contributed by atoms with E-state index in [4.69, 9.17) is 11.6 Å². The summed E-state index contributed by atoms with van der Waals surface area (Å²) in [6.07, 6.45) is 1.64. The Balaban J connectivity index is 1.71. The quantitative estimate of drug-likeness (QED) is 0.591. The van der Waals surface area contributed by atoms with Crippen molar-refractivity contribution in [1.82, 2.24) is 9.88 Å². The van der Waals surface area contributed by atoms with Gasteiger partial charge in [-0.25, -0.2) is 0 Å². The van der Waals surface area contributed by atoms with Gasteiger partial charge in [-0.1, -0.05) is 29.8 Å². The van der Waals surface area contributed by atoms with Crippen LogP contribution in [0.2, 0.25) is 5.02 Å². The average molecular weight is 433 g/mol. The molecule has 3 aromatic rings. The smallest absolute Gasteiger partial charge is 0.278 e. The van der Waals surface area contributed by atoms with Crippen LogP contribution in [0.3, 0.4) is 0 Å². The number of halogens is 1. The molecule has 1 aliphatic rings. The first kappa shape index (κ1) is 20.6. The Hall–Kier alpha value is -3.64. The molecule has 31 heavy (non-hydrogen) atoms. The maximum atomic E-state index is 13.3. The van der Waals surface area contributed by atoms with E-state index in [0.29, 0.717) is 27.5 Å². The zero-order valence-corrected chi connectivity index (χ0v) is 17.9. The van der Waals surface area contributed by atoms with Crippen molar-refractivity contribution in [2.45, 2.75) is 6.54 Å². The molecule has 6 nitrogen and oxygen atoms in total. The van der Waals surface area contributed by atoms with Crippen molar-refractivity contribution in [3.05, 3.63) is 94.9 Å². The highest BCUT2D eigenvalue weighted by molar-refractivity contribution is 6.36. The van der Waals surface area contributed by atoms with Gasteiger partial charge >= 0.3 is 0 Å². The van der Waals surface area contributed by atoms with Gasteiger partial charge < -0.3 is 10.2 Å². The third kappa shape index (κ3) is 4.29. The fourth-order valence-electron chi connectivity index (χ4n) is 3.36. The van der Waals surface area contributed by atoms with E-state index in [9.17, 15) is 9.59 Å². The summed E-state index contributed by atoms with van der Waals surface area (Å²) >= 11 is 6.02. The Morgan fingerprint density at radius 1 is 0.935 bits per heavy atom. The molecule has 0 unspecified atom stereocenters. The second kappa shape index (κ2) is 8.62. The highest BCUT2D eigenvalue weighted by atomic mass is 35.5. The van der Waals surface area contributed by atoms with Crippen LogP contribution < -0.4 is 10.2 Å². The first-order chi connectivity index (χ1) is 14.9. The van der Waals surface area contributed by atoms with Crippen LogP contribution in [0.4, 0.5) is 11.4 Å². The van der Waals surface area contributed by atoms with Gasteiger partial charge in [0.25, 0.3) is 11.8 Å². The van der Waals surface area contributed by atoms with Crippen LogP contribution in [0, 0.1) is 0 Å². The van der Waals surface area contributed by atoms with Crippen molar-refractivity contribution >= 4 is 40.4 Å². The van der Waals surface area contributed by atoms with Crippen molar-refractivity contribution in [2.24, 2.45) is 0 Å². The molecule has 0 atom stereocenters. The van der Waals surface area contributed by atoms with E-state index in [0.717, 1.165) is 5.69 Å². The summed E-state index contributed by atoms with van der Waals surface area (Å²) in [4.78, 5) is 34.0. The van der Waals surface area contributed by atoms with E-state index in [2.05, 4.69) is 10.3 Å². The van der Waals surface area contributed by atoms with Gasteiger partial charge in [-0.2, -0.15) is 0 Å². The molecule has 1 aliphatic heterocycles. The molecule has 0 aliphatic carbocycles. The molecule has 7 heteroatoms. The molecule has 2 heterocycles. The summed E-state index contributed by atoms with van der Waals surface area (Å²) < 4.78 is 0. The monoisotopic (exact) mass is 432 g/mol. The Morgan fingerprint density at radius 3 is 2.26 bits per heavy atom. The van der Waals surface area contributed by atoms with E-state index in [1.54, 1.807) is 42.6 Å². The molecular formula is C24H21ClN4O2. The summed E-state index contributed by atoms with van der Waals surface area (Å²) in [6, 6.07) is 19.9. The van der Waals surface area contributed by atoms with Crippen LogP contribution in [-0.2, 0) is 16.1 Å². The van der Waals surface area contributed by atoms with Crippen molar-refractivity contribution in [3.8, 4) is 0 Å². The lowest BCUT2D eigenvalue weighted by atomic mass is 10.0. The van der Waals surface area contributed by atoms with E-state index >= 15 is 0 Å². The molecular weight excluding hydrogens is 412 g/mol. The van der Waals surface area contributed by atoms with Crippen molar-refractivity contribution in [3.63, 3.8) is 0 Å². The van der Waals surface area contributed by atoms with Crippen LogP contribution >= 0.6 is 11.6 Å². The second-order valence-corrected chi connectivity index (χ2v) is 7.78. The number of nitrogens with zero attached hydrogens (tertiary/aromatic N) is 3. The fourth-order valence-corrected chi connectivity index (χ4v) is 3.49. The summed E-state index contributed by atoms with van der Waals surface area (Å²) in [5.41, 5.74) is 3.56. The number of pyridine rings is 1. The van der Waals surface area contributed by atoms with Gasteiger partial charge in [0, 0.05) is 36.7 Å². The van der Waals surface area contributed by atoms with Gasteiger partial charge in [0.15, 0.2) is 0 Å². The maximum Gasteiger partial charge on any atom is 0.278 e. The van der Waals surface area contributed by atoms with Crippen LogP contribution in [-0.4, -0.2) is 35.8 Å². The average Bonchev–Trinajstić information content (AvgIpc) is 3.00. The number of benzene rings is 2. The molecule has 2 aromatic carbocycles. The molecule has 1 N–H and O–H groups in total. The summed E-state index contributed by atoms with van der Waals surface area (Å²) in [6.45, 7) is 0.0976. The summed E-state index contributed by atoms with van der Waals surface area (Å²) in [5.74, 6) is -0.761. The SMILES string of the molecule is CN(C)c1ccc(NC2=C(c3ccc(Cl)cc3)C(=O)N(Cc3ccccn3)C2=O)cc1. The molecule has 0 bridgehead atoms. The zero-order chi connectivity index (χ0) is 22.0. The predicted octanol–water partition coefficient (Wildman–Crippen LogP) is 4.19. The van der Waals surface area contributed by atoms with Gasteiger partial charge in [0.2, 0.25) is 0 Å². The van der Waals surface area contributed by atoms with E-state index in [1.807, 2.05) is 49.3 Å². The van der Waals surface area contributed by atoms with Crippen LogP contribution in [0.15, 0.2) is 78.6 Å². The highest BCUT2D eigenvalue weighted by Gasteiger charge is 2.39. The number of carbonyl (C=O) groups excluding carboxylic acids is 2. The zero-order valence-electron chi connectivity index (χ0n) is 17.2. The van der Waals surface area contributed by atoms with Gasteiger partial charge in [-0.3, -0.25) is 19.5 Å². The lowest BCUT2D eigenvalue weighted by Crippen LogP contribution is -2.32. The molecule has 4 rings (SSSR count). The van der Waals surface area contributed by atoms with Crippen LogP contribution in [0.1, 0.15) is 11.3 Å². The molecule has 2 amide bonds. The Labute approximate surface area is 185 Å². The van der Waals surface area contributed by atoms with E-state index in [1.165, 1.54) is 4.90 Å². The van der Waals surface area contributed by atoms with Crippen molar-refractivity contribution < 1.29 is 9.59 Å². The molecule has 0 radical (unpaired) electrons. The second-order valence-electron chi connectivity index (χ2n) is 7.34. The number of rotatable bonds is 6. The molecule has 0 saturated carbocycles. The third-order valence-corrected chi connectivity index (χ3v) is 5.25. The van der Waals surface area contributed by atoms with Gasteiger partial charge in [0.05, 0.1) is 17.8 Å². The number of carbonyl (C=O) groups is 2. The predicted molar refractivity (Wildman–Crippen MR) is 123 cm³/mol. The summed E-state index contributed by atoms with van der Waals surface area (Å²) in [7, 11) is 3.91. The van der Waals surface area contributed by atoms with Crippen molar-refractivity contribution in [2.75, 3.05) is 24.3 Å². The number of amides is 2. The first-order valence-electron chi connectivity index (χ1n) is 9.75. The number of aromatic nitrogens is 1. The van der Waals surface area contributed by atoms with Gasteiger partial charge in [-0.15, -0.1) is 0 Å². The third-order valence-electron chi connectivity index (χ3n) is 5.00. The standard InChI is InChI=1S/C24H21ClN4O2/c1-28(2)20-12-10-18(11-13-20)27-22-21(16-6-8-17(25)9-7-16)23(30)29(24(22)31)15-19-5-3-4-14-26-19/h3-14,27H,15H2,1-2H3. The first-order valence-corrected chi connectivity index (χ1v) is 10.1. The minimum absolute atomic E-state index is 0.0976. The number of imide groups is 1. The topological polar surface area (TPSA) is 65.5 Å². The largest absolute Gasteiger partial charge is 0.378 e. The molecule has 1 aromatic heterocycles. The molecule has 156 valence electrons. The lowest BCUT2D eigenvalue weighted by molar-refractivity contribution is -0.137. The minimum atomic E-state index is -0.391. The Kier molecular flexibility index (Phi) is 5.73. The minimum Gasteiger partial charge on any atom is -0.378 e. The number of hydrogen-bond donors (Lipinski definition) is 1. The molecule has 0 saturated heterocycles. The molecule has 0 spiro atoms. The van der Waals surface area contributed by atoms with Crippen molar-refractivity contribution in [1.29, 1.82) is 0 Å². The van der Waals surface area contributed by atoms with Gasteiger partial charge in [-0.05, 0) is 54.1 Å². The van der Waals surface area contributed by atoms with E-state index < -0.39 is 5.91 Å². The number of hydrogen-bond acceptors (Lipinski definition) is 5. The Bertz CT molecular complexity index is 1140. The van der Waals surface area contributed by atoms with Crippen LogP contribution in [0.25, 0.3) is 5.57 Å². The lowest BCUT2D eigenvalue weighted by Gasteiger charge is -2.15. The maximum absolute atomic E-state index is 13.3. The van der Waals surface area contributed by atoms with Gasteiger partial charge in [0.1, 0.15) is 5.70 Å². The van der Waals surface area contributed by atoms with E-state index in [-0.39, 0.29) is 18.1 Å². The fraction of sp³-hybridized carbons (Fsp3) is 0.125. The Morgan fingerprint density at radius 2 is 1.65 bits per heavy atom. The normalized spacial score (nSPS) is 13.7.